The van der Waals surface area contributed by atoms with Crippen molar-refractivity contribution in [3.63, 3.8) is 0 Å². The van der Waals surface area contributed by atoms with Crippen LogP contribution in [0.5, 0.6) is 0 Å². The van der Waals surface area contributed by atoms with Gasteiger partial charge in [-0.25, -0.2) is 9.78 Å². The Morgan fingerprint density at radius 2 is 2.08 bits per heavy atom. The molecule has 0 aliphatic carbocycles. The molecule has 7 heteroatoms. The summed E-state index contributed by atoms with van der Waals surface area (Å²) in [4.78, 5) is 16.7. The molecule has 3 heterocycles. The molecule has 3 rings (SSSR count). The average molecular weight is 326 g/mol. The predicted molar refractivity (Wildman–Crippen MR) is 91.7 cm³/mol. The maximum Gasteiger partial charge on any atom is 0.315 e. The van der Waals surface area contributed by atoms with Crippen LogP contribution >= 0.6 is 0 Å². The highest BCUT2D eigenvalue weighted by molar-refractivity contribution is 5.74. The van der Waals surface area contributed by atoms with Crippen molar-refractivity contribution in [2.24, 2.45) is 7.05 Å². The van der Waals surface area contributed by atoms with E-state index in [0.29, 0.717) is 6.54 Å². The first-order valence-corrected chi connectivity index (χ1v) is 7.92. The molecule has 3 aromatic heterocycles. The molecule has 1 unspecified atom stereocenters. The highest BCUT2D eigenvalue weighted by Crippen LogP contribution is 2.15. The lowest BCUT2D eigenvalue weighted by Gasteiger charge is -2.14. The van der Waals surface area contributed by atoms with E-state index in [1.54, 1.807) is 4.68 Å². The Labute approximate surface area is 140 Å². The Hall–Kier alpha value is -2.83. The van der Waals surface area contributed by atoms with Gasteiger partial charge in [-0.05, 0) is 32.9 Å². The van der Waals surface area contributed by atoms with Crippen LogP contribution < -0.4 is 10.6 Å². The van der Waals surface area contributed by atoms with Crippen molar-refractivity contribution >= 4 is 11.7 Å². The van der Waals surface area contributed by atoms with Gasteiger partial charge in [-0.15, -0.1) is 0 Å². The molecular weight excluding hydrogens is 304 g/mol. The minimum atomic E-state index is -0.212. The molecule has 0 aliphatic rings. The van der Waals surface area contributed by atoms with Crippen LogP contribution in [0.15, 0.2) is 30.6 Å². The number of hydrogen-bond acceptors (Lipinski definition) is 3. The van der Waals surface area contributed by atoms with Crippen LogP contribution in [-0.2, 0) is 13.6 Å². The van der Waals surface area contributed by atoms with Crippen LogP contribution in [0.4, 0.5) is 4.79 Å². The van der Waals surface area contributed by atoms with E-state index in [4.69, 9.17) is 0 Å². The summed E-state index contributed by atoms with van der Waals surface area (Å²) in [5.41, 5.74) is 4.71. The van der Waals surface area contributed by atoms with Crippen molar-refractivity contribution in [1.29, 1.82) is 0 Å². The second kappa shape index (κ2) is 6.35. The summed E-state index contributed by atoms with van der Waals surface area (Å²) in [6, 6.07) is 5.52. The first kappa shape index (κ1) is 16.0. The van der Waals surface area contributed by atoms with Crippen molar-refractivity contribution in [3.8, 4) is 0 Å². The zero-order valence-corrected chi connectivity index (χ0v) is 14.4. The van der Waals surface area contributed by atoms with Crippen LogP contribution in [0, 0.1) is 13.8 Å². The van der Waals surface area contributed by atoms with Gasteiger partial charge in [0.15, 0.2) is 0 Å². The standard InChI is InChI=1S/C17H22N6O/c1-11(14-10-22(4)21-12(14)2)20-17(24)18-9-15-13(3)19-16-7-5-6-8-23(15)16/h5-8,10-11H,9H2,1-4H3,(H2,18,20,24). The number of carbonyl (C=O) groups excluding carboxylic acids is 1. The van der Waals surface area contributed by atoms with Gasteiger partial charge in [-0.1, -0.05) is 6.07 Å². The highest BCUT2D eigenvalue weighted by Gasteiger charge is 2.15. The van der Waals surface area contributed by atoms with E-state index in [1.165, 1.54) is 0 Å². The summed E-state index contributed by atoms with van der Waals surface area (Å²) in [6.07, 6.45) is 3.88. The van der Waals surface area contributed by atoms with Gasteiger partial charge in [-0.2, -0.15) is 5.10 Å². The number of aryl methyl sites for hydroxylation is 3. The van der Waals surface area contributed by atoms with Gasteiger partial charge < -0.3 is 15.0 Å². The Bertz CT molecular complexity index is 878. The van der Waals surface area contributed by atoms with E-state index in [9.17, 15) is 4.79 Å². The van der Waals surface area contributed by atoms with Crippen molar-refractivity contribution < 1.29 is 4.79 Å². The van der Waals surface area contributed by atoms with Crippen LogP contribution in [-0.4, -0.2) is 25.2 Å². The second-order valence-electron chi connectivity index (χ2n) is 5.96. The molecule has 0 spiro atoms. The van der Waals surface area contributed by atoms with Crippen molar-refractivity contribution in [1.82, 2.24) is 29.8 Å². The number of rotatable bonds is 4. The molecule has 2 amide bonds. The lowest BCUT2D eigenvalue weighted by molar-refractivity contribution is 0.237. The van der Waals surface area contributed by atoms with Crippen molar-refractivity contribution in [2.45, 2.75) is 33.4 Å². The van der Waals surface area contributed by atoms with Gasteiger partial charge >= 0.3 is 6.03 Å². The molecule has 0 radical (unpaired) electrons. The molecule has 3 aromatic rings. The third-order valence-electron chi connectivity index (χ3n) is 4.11. The third-order valence-corrected chi connectivity index (χ3v) is 4.11. The van der Waals surface area contributed by atoms with E-state index >= 15 is 0 Å². The fourth-order valence-corrected chi connectivity index (χ4v) is 2.91. The second-order valence-corrected chi connectivity index (χ2v) is 5.96. The lowest BCUT2D eigenvalue weighted by Crippen LogP contribution is -2.37. The number of carbonyl (C=O) groups is 1. The van der Waals surface area contributed by atoms with Crippen molar-refractivity contribution in [2.75, 3.05) is 0 Å². The lowest BCUT2D eigenvalue weighted by atomic mass is 10.1. The fourth-order valence-electron chi connectivity index (χ4n) is 2.91. The summed E-state index contributed by atoms with van der Waals surface area (Å²) in [5.74, 6) is 0. The summed E-state index contributed by atoms with van der Waals surface area (Å²) >= 11 is 0. The molecule has 0 aliphatic heterocycles. The highest BCUT2D eigenvalue weighted by atomic mass is 16.2. The average Bonchev–Trinajstić information content (AvgIpc) is 3.03. The minimum absolute atomic E-state index is 0.109. The van der Waals surface area contributed by atoms with Gasteiger partial charge in [-0.3, -0.25) is 4.68 Å². The third kappa shape index (κ3) is 3.10. The first-order valence-electron chi connectivity index (χ1n) is 7.92. The van der Waals surface area contributed by atoms with Gasteiger partial charge in [0.05, 0.1) is 29.7 Å². The maximum absolute atomic E-state index is 12.2. The summed E-state index contributed by atoms with van der Waals surface area (Å²) < 4.78 is 3.74. The number of hydrogen-bond donors (Lipinski definition) is 2. The number of nitrogens with one attached hydrogen (secondary N) is 2. The molecule has 0 saturated carbocycles. The number of nitrogens with zero attached hydrogens (tertiary/aromatic N) is 4. The molecule has 0 saturated heterocycles. The topological polar surface area (TPSA) is 76.2 Å². The van der Waals surface area contributed by atoms with Gasteiger partial charge in [0.2, 0.25) is 0 Å². The van der Waals surface area contributed by atoms with Crippen LogP contribution in [0.3, 0.4) is 0 Å². The number of aromatic nitrogens is 4. The van der Waals surface area contributed by atoms with E-state index in [-0.39, 0.29) is 12.1 Å². The van der Waals surface area contributed by atoms with E-state index < -0.39 is 0 Å². The predicted octanol–water partition coefficient (Wildman–Crippen LogP) is 2.25. The van der Waals surface area contributed by atoms with Gasteiger partial charge in [0, 0.05) is 25.0 Å². The number of fused-ring (bicyclic) bond motifs is 1. The molecule has 1 atom stereocenters. The number of pyridine rings is 1. The van der Waals surface area contributed by atoms with Crippen LogP contribution in [0.25, 0.3) is 5.65 Å². The summed E-state index contributed by atoms with van der Waals surface area (Å²) in [7, 11) is 1.87. The molecule has 0 fully saturated rings. The zero-order valence-electron chi connectivity index (χ0n) is 14.4. The molecular formula is C17H22N6O. The molecule has 7 nitrogen and oxygen atoms in total. The fraction of sp³-hybridized carbons (Fsp3) is 0.353. The Morgan fingerprint density at radius 1 is 1.29 bits per heavy atom. The van der Waals surface area contributed by atoms with Gasteiger partial charge in [0.25, 0.3) is 0 Å². The summed E-state index contributed by atoms with van der Waals surface area (Å²) in [5, 5.41) is 10.2. The minimum Gasteiger partial charge on any atom is -0.332 e. The largest absolute Gasteiger partial charge is 0.332 e. The monoisotopic (exact) mass is 326 g/mol. The Morgan fingerprint density at radius 3 is 2.79 bits per heavy atom. The number of amides is 2. The molecule has 126 valence electrons. The first-order chi connectivity index (χ1) is 11.5. The van der Waals surface area contributed by atoms with E-state index in [1.807, 2.05) is 62.8 Å². The van der Waals surface area contributed by atoms with Crippen LogP contribution in [0.1, 0.15) is 35.6 Å². The summed E-state index contributed by atoms with van der Waals surface area (Å²) in [6.45, 7) is 6.25. The smallest absolute Gasteiger partial charge is 0.315 e. The van der Waals surface area contributed by atoms with E-state index in [0.717, 1.165) is 28.3 Å². The molecule has 2 N–H and O–H groups in total. The zero-order chi connectivity index (χ0) is 17.3. The quantitative estimate of drug-likeness (QED) is 0.772. The number of imidazole rings is 1. The normalized spacial score (nSPS) is 12.3. The molecule has 24 heavy (non-hydrogen) atoms. The molecule has 0 bridgehead atoms. The Kier molecular flexibility index (Phi) is 4.24. The van der Waals surface area contributed by atoms with Crippen molar-refractivity contribution in [3.05, 3.63) is 53.2 Å². The van der Waals surface area contributed by atoms with Gasteiger partial charge in [0.1, 0.15) is 5.65 Å². The van der Waals surface area contributed by atoms with Crippen LogP contribution in [0.2, 0.25) is 0 Å². The van der Waals surface area contributed by atoms with E-state index in [2.05, 4.69) is 20.7 Å². The molecule has 0 aromatic carbocycles. The number of urea groups is 1. The maximum atomic E-state index is 12.2. The SMILES string of the molecule is Cc1nn(C)cc1C(C)NC(=O)NCc1c(C)nc2ccccn12. The Balaban J connectivity index is 1.65.